The molecule has 1 aliphatic heterocycles. The quantitative estimate of drug-likeness (QED) is 0.763. The topological polar surface area (TPSA) is 84.8 Å². The summed E-state index contributed by atoms with van der Waals surface area (Å²) in [4.78, 5) is 13.4. The van der Waals surface area contributed by atoms with Gasteiger partial charge in [0.1, 0.15) is 0 Å². The fourth-order valence-electron chi connectivity index (χ4n) is 2.74. The first kappa shape index (κ1) is 15.1. The maximum atomic E-state index is 12.3. The van der Waals surface area contributed by atoms with Crippen LogP contribution >= 0.6 is 11.3 Å². The van der Waals surface area contributed by atoms with Gasteiger partial charge in [0, 0.05) is 19.4 Å². The van der Waals surface area contributed by atoms with Crippen molar-refractivity contribution in [2.45, 2.75) is 18.9 Å². The number of nitrogens with one attached hydrogen (secondary N) is 2. The highest BCUT2D eigenvalue weighted by Crippen LogP contribution is 2.24. The van der Waals surface area contributed by atoms with Crippen molar-refractivity contribution in [2.24, 2.45) is 0 Å². The van der Waals surface area contributed by atoms with Gasteiger partial charge in [0.25, 0.3) is 5.91 Å². The molecule has 0 radical (unpaired) electrons. The predicted molar refractivity (Wildman–Crippen MR) is 91.2 cm³/mol. The fourth-order valence-corrected chi connectivity index (χ4v) is 3.44. The van der Waals surface area contributed by atoms with Gasteiger partial charge in [0.05, 0.1) is 28.5 Å². The van der Waals surface area contributed by atoms with Crippen molar-refractivity contribution in [1.29, 1.82) is 0 Å². The zero-order valence-electron chi connectivity index (χ0n) is 12.9. The second-order valence-corrected chi connectivity index (χ2v) is 6.60. The molecule has 3 aromatic rings. The van der Waals surface area contributed by atoms with Crippen LogP contribution in [0.5, 0.6) is 0 Å². The van der Waals surface area contributed by atoms with Gasteiger partial charge in [0.15, 0.2) is 5.69 Å². The number of carbonyl (C=O) groups is 1. The number of nitrogens with zero attached hydrogens (tertiary/aromatic N) is 3. The van der Waals surface area contributed by atoms with Gasteiger partial charge in [-0.15, -0.1) is 11.3 Å². The normalized spacial score (nSPS) is 15.5. The van der Waals surface area contributed by atoms with Gasteiger partial charge in [0.2, 0.25) is 0 Å². The molecule has 4 rings (SSSR count). The highest BCUT2D eigenvalue weighted by atomic mass is 32.1. The molecule has 24 heavy (non-hydrogen) atoms. The summed E-state index contributed by atoms with van der Waals surface area (Å²) in [5.74, 6) is -0.249. The molecule has 124 valence electrons. The van der Waals surface area contributed by atoms with Crippen LogP contribution in [0.25, 0.3) is 10.6 Å². The largest absolute Gasteiger partial charge is 0.381 e. The lowest BCUT2D eigenvalue weighted by atomic mass is 10.1. The van der Waals surface area contributed by atoms with Crippen LogP contribution in [0, 0.1) is 0 Å². The number of aromatic amines is 1. The van der Waals surface area contributed by atoms with E-state index in [1.807, 2.05) is 28.4 Å². The van der Waals surface area contributed by atoms with E-state index < -0.39 is 0 Å². The van der Waals surface area contributed by atoms with E-state index in [1.54, 1.807) is 23.6 Å². The molecule has 1 aliphatic rings. The first-order valence-corrected chi connectivity index (χ1v) is 8.70. The Morgan fingerprint density at radius 2 is 2.29 bits per heavy atom. The summed E-state index contributed by atoms with van der Waals surface area (Å²) < 4.78 is 7.26. The molecule has 0 aromatic carbocycles. The molecule has 8 heteroatoms. The van der Waals surface area contributed by atoms with E-state index in [-0.39, 0.29) is 5.91 Å². The third-order valence-electron chi connectivity index (χ3n) is 4.02. The summed E-state index contributed by atoms with van der Waals surface area (Å²) >= 11 is 1.60. The number of H-pyrrole nitrogens is 1. The summed E-state index contributed by atoms with van der Waals surface area (Å²) in [7, 11) is 0. The van der Waals surface area contributed by atoms with E-state index in [1.165, 1.54) is 0 Å². The Labute approximate surface area is 142 Å². The predicted octanol–water partition coefficient (Wildman–Crippen LogP) is 2.94. The van der Waals surface area contributed by atoms with Crippen molar-refractivity contribution in [2.75, 3.05) is 18.5 Å². The van der Waals surface area contributed by atoms with Crippen molar-refractivity contribution < 1.29 is 9.53 Å². The van der Waals surface area contributed by atoms with E-state index in [0.717, 1.165) is 36.6 Å². The van der Waals surface area contributed by atoms with E-state index >= 15 is 0 Å². The van der Waals surface area contributed by atoms with Crippen molar-refractivity contribution in [3.05, 3.63) is 41.7 Å². The van der Waals surface area contributed by atoms with Gasteiger partial charge in [-0.1, -0.05) is 6.07 Å². The van der Waals surface area contributed by atoms with Crippen LogP contribution in [0.3, 0.4) is 0 Å². The average molecular weight is 343 g/mol. The molecule has 0 spiro atoms. The lowest BCUT2D eigenvalue weighted by Gasteiger charge is -2.22. The zero-order valence-corrected chi connectivity index (χ0v) is 13.8. The van der Waals surface area contributed by atoms with E-state index in [4.69, 9.17) is 4.74 Å². The maximum Gasteiger partial charge on any atom is 0.276 e. The van der Waals surface area contributed by atoms with Crippen molar-refractivity contribution in [1.82, 2.24) is 20.0 Å². The lowest BCUT2D eigenvalue weighted by molar-refractivity contribution is 0.0662. The molecule has 1 amide bonds. The Balaban J connectivity index is 1.43. The molecule has 0 unspecified atom stereocenters. The first-order chi connectivity index (χ1) is 11.8. The number of thiophene rings is 1. The van der Waals surface area contributed by atoms with Crippen LogP contribution in [0.2, 0.25) is 0 Å². The Hall–Kier alpha value is -2.45. The number of amides is 1. The molecular weight excluding hydrogens is 326 g/mol. The summed E-state index contributed by atoms with van der Waals surface area (Å²) in [5.41, 5.74) is 1.87. The summed E-state index contributed by atoms with van der Waals surface area (Å²) in [6.07, 6.45) is 5.41. The van der Waals surface area contributed by atoms with Gasteiger partial charge in [-0.2, -0.15) is 10.2 Å². The van der Waals surface area contributed by atoms with Crippen molar-refractivity contribution in [3.8, 4) is 10.6 Å². The van der Waals surface area contributed by atoms with Gasteiger partial charge >= 0.3 is 0 Å². The van der Waals surface area contributed by atoms with E-state index in [9.17, 15) is 4.79 Å². The molecule has 3 aromatic heterocycles. The van der Waals surface area contributed by atoms with Crippen LogP contribution in [-0.2, 0) is 4.74 Å². The van der Waals surface area contributed by atoms with Gasteiger partial charge in [-0.3, -0.25) is 14.6 Å². The number of hydrogen-bond acceptors (Lipinski definition) is 5. The SMILES string of the molecule is O=C(Nc1cnn(C2CCOCC2)c1)c1cc(-c2cccs2)[nH]n1. The van der Waals surface area contributed by atoms with E-state index in [0.29, 0.717) is 17.4 Å². The Morgan fingerprint density at radius 3 is 3.08 bits per heavy atom. The maximum absolute atomic E-state index is 12.3. The average Bonchev–Trinajstić information content (AvgIpc) is 3.36. The van der Waals surface area contributed by atoms with E-state index in [2.05, 4.69) is 20.6 Å². The summed E-state index contributed by atoms with van der Waals surface area (Å²) in [6, 6.07) is 6.04. The van der Waals surface area contributed by atoms with Crippen LogP contribution in [0.4, 0.5) is 5.69 Å². The smallest absolute Gasteiger partial charge is 0.276 e. The third kappa shape index (κ3) is 3.10. The van der Waals surface area contributed by atoms with Crippen LogP contribution in [-0.4, -0.2) is 39.1 Å². The highest BCUT2D eigenvalue weighted by molar-refractivity contribution is 7.13. The number of ether oxygens (including phenoxy) is 1. The number of anilines is 1. The Bertz CT molecular complexity index is 817. The molecule has 1 saturated heterocycles. The summed E-state index contributed by atoms with van der Waals surface area (Å²) in [6.45, 7) is 1.51. The second kappa shape index (κ2) is 6.58. The van der Waals surface area contributed by atoms with Crippen LogP contribution in [0.15, 0.2) is 36.0 Å². The number of aromatic nitrogens is 4. The van der Waals surface area contributed by atoms with Gasteiger partial charge in [-0.25, -0.2) is 0 Å². The standard InChI is InChI=1S/C16H17N5O2S/c22-16(14-8-13(19-20-14)15-2-1-7-24-15)18-11-9-17-21(10-11)12-3-5-23-6-4-12/h1-2,7-10,12H,3-6H2,(H,18,22)(H,19,20). The lowest BCUT2D eigenvalue weighted by Crippen LogP contribution is -2.19. The van der Waals surface area contributed by atoms with Gasteiger partial charge in [-0.05, 0) is 30.4 Å². The third-order valence-corrected chi connectivity index (χ3v) is 4.92. The number of rotatable bonds is 4. The molecule has 2 N–H and O–H groups in total. The second-order valence-electron chi connectivity index (χ2n) is 5.65. The fraction of sp³-hybridized carbons (Fsp3) is 0.312. The summed E-state index contributed by atoms with van der Waals surface area (Å²) in [5, 5.41) is 16.2. The van der Waals surface area contributed by atoms with Crippen LogP contribution < -0.4 is 5.32 Å². The highest BCUT2D eigenvalue weighted by Gasteiger charge is 2.18. The molecule has 0 aliphatic carbocycles. The minimum Gasteiger partial charge on any atom is -0.381 e. The molecule has 0 saturated carbocycles. The Kier molecular flexibility index (Phi) is 4.14. The monoisotopic (exact) mass is 343 g/mol. The van der Waals surface area contributed by atoms with Crippen LogP contribution in [0.1, 0.15) is 29.4 Å². The number of carbonyl (C=O) groups excluding carboxylic acids is 1. The Morgan fingerprint density at radius 1 is 1.42 bits per heavy atom. The van der Waals surface area contributed by atoms with Crippen molar-refractivity contribution in [3.63, 3.8) is 0 Å². The zero-order chi connectivity index (χ0) is 16.4. The molecule has 0 bridgehead atoms. The molecule has 0 atom stereocenters. The van der Waals surface area contributed by atoms with Gasteiger partial charge < -0.3 is 10.1 Å². The first-order valence-electron chi connectivity index (χ1n) is 7.82. The minimum atomic E-state index is -0.249. The minimum absolute atomic E-state index is 0.249. The molecule has 4 heterocycles. The molecule has 1 fully saturated rings. The molecule has 7 nitrogen and oxygen atoms in total. The number of hydrogen-bond donors (Lipinski definition) is 2. The molecular formula is C16H17N5O2S. The van der Waals surface area contributed by atoms with Crippen molar-refractivity contribution >= 4 is 22.9 Å².